The number of hydrogen-bond donors (Lipinski definition) is 1. The van der Waals surface area contributed by atoms with Crippen molar-refractivity contribution in [3.63, 3.8) is 0 Å². The fraction of sp³-hybridized carbons (Fsp3) is 0.483. The van der Waals surface area contributed by atoms with Gasteiger partial charge in [0.1, 0.15) is 5.75 Å². The standard InChI is InChI=1S/C29H34O4/c30-11-5-13-32-27-10-9-21(6-4-12-33-28(31)25-7-2-1-3-8-25)17-26(27)29-18-22-14-23(19-29)16-24(15-22)20-29/h1-4,7-10,12,17,22-24,30H,5-6,11,13-16,18-20H2. The predicted octanol–water partition coefficient (Wildman–Crippen LogP) is 5.83. The molecule has 1 N–H and O–H groups in total. The maximum absolute atomic E-state index is 12.1. The fourth-order valence-electron chi connectivity index (χ4n) is 6.87. The molecule has 6 rings (SSSR count). The molecule has 4 saturated carbocycles. The van der Waals surface area contributed by atoms with Gasteiger partial charge in [0.2, 0.25) is 0 Å². The molecule has 4 heteroatoms. The van der Waals surface area contributed by atoms with E-state index in [9.17, 15) is 9.90 Å². The molecule has 0 radical (unpaired) electrons. The Balaban J connectivity index is 1.32. The van der Waals surface area contributed by atoms with Gasteiger partial charge in [0.25, 0.3) is 0 Å². The van der Waals surface area contributed by atoms with Gasteiger partial charge in [0.15, 0.2) is 0 Å². The molecular weight excluding hydrogens is 412 g/mol. The van der Waals surface area contributed by atoms with Crippen LogP contribution in [0, 0.1) is 17.8 Å². The van der Waals surface area contributed by atoms with Gasteiger partial charge in [-0.1, -0.05) is 30.3 Å². The molecule has 0 unspecified atom stereocenters. The number of aliphatic hydroxyl groups is 1. The van der Waals surface area contributed by atoms with Crippen LogP contribution in [0.5, 0.6) is 5.75 Å². The van der Waals surface area contributed by atoms with Gasteiger partial charge in [-0.3, -0.25) is 0 Å². The highest BCUT2D eigenvalue weighted by molar-refractivity contribution is 5.89. The largest absolute Gasteiger partial charge is 0.493 e. The van der Waals surface area contributed by atoms with E-state index in [4.69, 9.17) is 9.47 Å². The van der Waals surface area contributed by atoms with Crippen LogP contribution >= 0.6 is 0 Å². The Labute approximate surface area is 196 Å². The molecule has 174 valence electrons. The zero-order valence-electron chi connectivity index (χ0n) is 19.2. The normalized spacial score (nSPS) is 27.7. The number of carbonyl (C=O) groups excluding carboxylic acids is 1. The van der Waals surface area contributed by atoms with Crippen molar-refractivity contribution in [3.05, 3.63) is 77.6 Å². The van der Waals surface area contributed by atoms with Gasteiger partial charge in [0, 0.05) is 18.6 Å². The monoisotopic (exact) mass is 446 g/mol. The number of aliphatic hydroxyl groups excluding tert-OH is 1. The summed E-state index contributed by atoms with van der Waals surface area (Å²) in [5, 5.41) is 9.20. The van der Waals surface area contributed by atoms with Gasteiger partial charge < -0.3 is 14.6 Å². The summed E-state index contributed by atoms with van der Waals surface area (Å²) in [7, 11) is 0. The zero-order chi connectivity index (χ0) is 22.7. The molecule has 0 atom stereocenters. The lowest BCUT2D eigenvalue weighted by molar-refractivity contribution is -0.00645. The number of carbonyl (C=O) groups is 1. The first-order valence-corrected chi connectivity index (χ1v) is 12.4. The molecule has 4 fully saturated rings. The summed E-state index contributed by atoms with van der Waals surface area (Å²) in [5.74, 6) is 3.25. The minimum absolute atomic E-state index is 0.150. The van der Waals surface area contributed by atoms with Gasteiger partial charge in [-0.05, 0) is 98.0 Å². The molecule has 2 aromatic rings. The molecule has 4 nitrogen and oxygen atoms in total. The Bertz CT molecular complexity index is 959. The van der Waals surface area contributed by atoms with E-state index in [1.54, 1.807) is 12.1 Å². The van der Waals surface area contributed by atoms with Crippen LogP contribution in [0.15, 0.2) is 60.9 Å². The first-order valence-electron chi connectivity index (χ1n) is 12.4. The van der Waals surface area contributed by atoms with Crippen molar-refractivity contribution in [3.8, 4) is 5.75 Å². The van der Waals surface area contributed by atoms with Crippen LogP contribution in [0.3, 0.4) is 0 Å². The number of rotatable bonds is 9. The van der Waals surface area contributed by atoms with Gasteiger partial charge >= 0.3 is 5.97 Å². The lowest BCUT2D eigenvalue weighted by Crippen LogP contribution is -2.48. The molecular formula is C29H34O4. The third kappa shape index (κ3) is 4.86. The molecule has 0 aromatic heterocycles. The summed E-state index contributed by atoms with van der Waals surface area (Å²) in [6, 6.07) is 15.6. The van der Waals surface area contributed by atoms with Crippen LogP contribution in [-0.2, 0) is 16.6 Å². The van der Waals surface area contributed by atoms with Gasteiger partial charge in [-0.2, -0.15) is 0 Å². The number of allylic oxidation sites excluding steroid dienone is 1. The highest BCUT2D eigenvalue weighted by Gasteiger charge is 2.52. The Morgan fingerprint density at radius 1 is 1.00 bits per heavy atom. The number of esters is 1. The van der Waals surface area contributed by atoms with E-state index in [-0.39, 0.29) is 18.0 Å². The molecule has 33 heavy (non-hydrogen) atoms. The van der Waals surface area contributed by atoms with Crippen LogP contribution in [0.2, 0.25) is 0 Å². The predicted molar refractivity (Wildman–Crippen MR) is 128 cm³/mol. The molecule has 0 saturated heterocycles. The summed E-state index contributed by atoms with van der Waals surface area (Å²) in [6.07, 6.45) is 12.8. The second-order valence-electron chi connectivity index (χ2n) is 10.3. The molecule has 0 amide bonds. The molecule has 0 spiro atoms. The van der Waals surface area contributed by atoms with Crippen molar-refractivity contribution in [1.29, 1.82) is 0 Å². The van der Waals surface area contributed by atoms with Crippen molar-refractivity contribution >= 4 is 5.97 Å². The highest BCUT2D eigenvalue weighted by Crippen LogP contribution is 2.62. The van der Waals surface area contributed by atoms with Crippen molar-refractivity contribution in [1.82, 2.24) is 0 Å². The molecule has 2 aromatic carbocycles. The Kier molecular flexibility index (Phi) is 6.55. The fourth-order valence-corrected chi connectivity index (χ4v) is 6.87. The smallest absolute Gasteiger partial charge is 0.342 e. The Morgan fingerprint density at radius 3 is 2.36 bits per heavy atom. The second-order valence-corrected chi connectivity index (χ2v) is 10.3. The molecule has 4 bridgehead atoms. The van der Waals surface area contributed by atoms with Crippen molar-refractivity contribution in [2.45, 2.75) is 56.8 Å². The van der Waals surface area contributed by atoms with Gasteiger partial charge in [0.05, 0.1) is 18.4 Å². The summed E-state index contributed by atoms with van der Waals surface area (Å²) in [4.78, 5) is 12.1. The van der Waals surface area contributed by atoms with Crippen LogP contribution in [0.1, 0.15) is 66.4 Å². The van der Waals surface area contributed by atoms with E-state index in [0.717, 1.165) is 23.5 Å². The second kappa shape index (κ2) is 9.72. The lowest BCUT2D eigenvalue weighted by atomic mass is 9.48. The quantitative estimate of drug-likeness (QED) is 0.299. The summed E-state index contributed by atoms with van der Waals surface area (Å²) < 4.78 is 11.5. The zero-order valence-corrected chi connectivity index (χ0v) is 19.2. The first kappa shape index (κ1) is 22.2. The average Bonchev–Trinajstić information content (AvgIpc) is 2.82. The third-order valence-corrected chi connectivity index (χ3v) is 7.85. The lowest BCUT2D eigenvalue weighted by Gasteiger charge is -2.57. The number of hydrogen-bond acceptors (Lipinski definition) is 4. The Hall–Kier alpha value is -2.59. The maximum Gasteiger partial charge on any atom is 0.342 e. The molecule has 4 aliphatic carbocycles. The van der Waals surface area contributed by atoms with Crippen LogP contribution in [0.4, 0.5) is 0 Å². The summed E-state index contributed by atoms with van der Waals surface area (Å²) in [5.41, 5.74) is 3.37. The summed E-state index contributed by atoms with van der Waals surface area (Å²) >= 11 is 0. The van der Waals surface area contributed by atoms with Gasteiger partial charge in [-0.25, -0.2) is 4.79 Å². The van der Waals surface area contributed by atoms with E-state index in [1.807, 2.05) is 24.3 Å². The minimum atomic E-state index is -0.339. The van der Waals surface area contributed by atoms with Crippen molar-refractivity contribution in [2.75, 3.05) is 13.2 Å². The first-order chi connectivity index (χ1) is 16.1. The number of benzene rings is 2. The molecule has 0 heterocycles. The third-order valence-electron chi connectivity index (χ3n) is 7.85. The van der Waals surface area contributed by atoms with Crippen LogP contribution in [-0.4, -0.2) is 24.3 Å². The van der Waals surface area contributed by atoms with E-state index in [0.29, 0.717) is 25.0 Å². The van der Waals surface area contributed by atoms with Crippen LogP contribution in [0.25, 0.3) is 0 Å². The van der Waals surface area contributed by atoms with Crippen LogP contribution < -0.4 is 4.74 Å². The van der Waals surface area contributed by atoms with E-state index in [1.165, 1.54) is 55.9 Å². The van der Waals surface area contributed by atoms with E-state index in [2.05, 4.69) is 18.2 Å². The van der Waals surface area contributed by atoms with Crippen molar-refractivity contribution < 1.29 is 19.4 Å². The van der Waals surface area contributed by atoms with Crippen molar-refractivity contribution in [2.24, 2.45) is 17.8 Å². The maximum atomic E-state index is 12.1. The van der Waals surface area contributed by atoms with Gasteiger partial charge in [-0.15, -0.1) is 0 Å². The highest BCUT2D eigenvalue weighted by atomic mass is 16.5. The minimum Gasteiger partial charge on any atom is -0.493 e. The molecule has 4 aliphatic rings. The summed E-state index contributed by atoms with van der Waals surface area (Å²) in [6.45, 7) is 0.696. The SMILES string of the molecule is O=C(OC=CCc1ccc(OCCCO)c(C23CC4CC(CC(C4)C2)C3)c1)c1ccccc1. The topological polar surface area (TPSA) is 55.8 Å². The Morgan fingerprint density at radius 2 is 1.70 bits per heavy atom. The van der Waals surface area contributed by atoms with E-state index < -0.39 is 0 Å². The van der Waals surface area contributed by atoms with E-state index >= 15 is 0 Å². The average molecular weight is 447 g/mol. The number of ether oxygens (including phenoxy) is 2. The molecule has 0 aliphatic heterocycles.